The zero-order valence-corrected chi connectivity index (χ0v) is 17.0. The molecule has 2 N–H and O–H groups in total. The van der Waals surface area contributed by atoms with Gasteiger partial charge in [-0.1, -0.05) is 50.2 Å². The lowest BCUT2D eigenvalue weighted by Crippen LogP contribution is -2.08. The van der Waals surface area contributed by atoms with Crippen molar-refractivity contribution in [1.82, 2.24) is 9.97 Å². The van der Waals surface area contributed by atoms with E-state index in [2.05, 4.69) is 34.4 Å². The molecule has 0 atom stereocenters. The molecule has 0 aliphatic carbocycles. The van der Waals surface area contributed by atoms with E-state index in [1.54, 1.807) is 18.2 Å². The van der Waals surface area contributed by atoms with Crippen molar-refractivity contribution in [2.24, 2.45) is 5.92 Å². The second kappa shape index (κ2) is 9.68. The summed E-state index contributed by atoms with van der Waals surface area (Å²) in [4.78, 5) is 21.1. The number of esters is 1. The summed E-state index contributed by atoms with van der Waals surface area (Å²) in [5, 5.41) is 6.66. The number of ether oxygens (including phenoxy) is 1. The van der Waals surface area contributed by atoms with Crippen molar-refractivity contribution in [2.75, 3.05) is 24.3 Å². The minimum atomic E-state index is -0.377. The van der Waals surface area contributed by atoms with Gasteiger partial charge in [0.05, 0.1) is 12.7 Å². The van der Waals surface area contributed by atoms with E-state index in [1.807, 2.05) is 42.5 Å². The number of aromatic nitrogens is 2. The third-order valence-corrected chi connectivity index (χ3v) is 4.34. The Morgan fingerprint density at radius 1 is 1.00 bits per heavy atom. The lowest BCUT2D eigenvalue weighted by atomic mass is 10.1. The molecule has 150 valence electrons. The molecule has 0 bridgehead atoms. The molecule has 0 unspecified atom stereocenters. The number of nitrogens with zero attached hydrogens (tertiary/aromatic N) is 2. The van der Waals surface area contributed by atoms with Crippen LogP contribution in [0, 0.1) is 5.92 Å². The van der Waals surface area contributed by atoms with Crippen LogP contribution in [0.4, 0.5) is 17.3 Å². The minimum absolute atomic E-state index is 0.377. The molecule has 0 saturated carbocycles. The number of carbonyl (C=O) groups excluding carboxylic acids is 1. The van der Waals surface area contributed by atoms with E-state index in [-0.39, 0.29) is 5.97 Å². The third-order valence-electron chi connectivity index (χ3n) is 4.34. The summed E-state index contributed by atoms with van der Waals surface area (Å²) in [6.07, 6.45) is 1.05. The van der Waals surface area contributed by atoms with E-state index in [9.17, 15) is 4.79 Å². The predicted molar refractivity (Wildman–Crippen MR) is 116 cm³/mol. The highest BCUT2D eigenvalue weighted by atomic mass is 16.5. The molecule has 29 heavy (non-hydrogen) atoms. The Bertz CT molecular complexity index is 958. The van der Waals surface area contributed by atoms with Crippen molar-refractivity contribution in [3.63, 3.8) is 0 Å². The van der Waals surface area contributed by atoms with E-state index in [1.165, 1.54) is 7.11 Å². The number of hydrogen-bond donors (Lipinski definition) is 2. The largest absolute Gasteiger partial charge is 0.465 e. The van der Waals surface area contributed by atoms with Gasteiger partial charge >= 0.3 is 5.97 Å². The van der Waals surface area contributed by atoms with Gasteiger partial charge in [0.1, 0.15) is 11.6 Å². The normalized spacial score (nSPS) is 10.6. The fourth-order valence-electron chi connectivity index (χ4n) is 2.80. The van der Waals surface area contributed by atoms with Crippen LogP contribution in [0.15, 0.2) is 60.7 Å². The van der Waals surface area contributed by atoms with Crippen LogP contribution in [-0.4, -0.2) is 29.6 Å². The number of benzene rings is 2. The first kappa shape index (κ1) is 20.3. The van der Waals surface area contributed by atoms with Crippen molar-refractivity contribution >= 4 is 23.3 Å². The van der Waals surface area contributed by atoms with Gasteiger partial charge in [0, 0.05) is 23.9 Å². The molecule has 1 aromatic heterocycles. The highest BCUT2D eigenvalue weighted by molar-refractivity contribution is 5.90. The first-order valence-electron chi connectivity index (χ1n) is 9.69. The first-order valence-corrected chi connectivity index (χ1v) is 9.69. The lowest BCUT2D eigenvalue weighted by Gasteiger charge is -2.13. The Kier molecular flexibility index (Phi) is 6.79. The number of hydrogen-bond acceptors (Lipinski definition) is 6. The quantitative estimate of drug-likeness (QED) is 0.519. The maximum absolute atomic E-state index is 11.8. The maximum Gasteiger partial charge on any atom is 0.337 e. The molecule has 0 radical (unpaired) electrons. The summed E-state index contributed by atoms with van der Waals surface area (Å²) in [5.41, 5.74) is 2.16. The summed E-state index contributed by atoms with van der Waals surface area (Å²) >= 11 is 0. The Balaban J connectivity index is 1.89. The Hall–Kier alpha value is -3.41. The molecule has 0 aliphatic heterocycles. The van der Waals surface area contributed by atoms with Crippen LogP contribution in [0.5, 0.6) is 0 Å². The highest BCUT2D eigenvalue weighted by Crippen LogP contribution is 2.23. The first-order chi connectivity index (χ1) is 14.0. The molecule has 0 spiro atoms. The molecular formula is C23H26N4O2. The van der Waals surface area contributed by atoms with Crippen LogP contribution in [0.3, 0.4) is 0 Å². The lowest BCUT2D eigenvalue weighted by molar-refractivity contribution is 0.0601. The zero-order chi connectivity index (χ0) is 20.6. The summed E-state index contributed by atoms with van der Waals surface area (Å²) in [6.45, 7) is 5.22. The topological polar surface area (TPSA) is 76.1 Å². The number of carbonyl (C=O) groups is 1. The molecule has 0 aliphatic rings. The summed E-state index contributed by atoms with van der Waals surface area (Å²) < 4.78 is 4.80. The van der Waals surface area contributed by atoms with E-state index in [0.717, 1.165) is 30.0 Å². The predicted octanol–water partition coefficient (Wildman–Crippen LogP) is 5.13. The smallest absolute Gasteiger partial charge is 0.337 e. The molecule has 0 amide bonds. The molecular weight excluding hydrogens is 364 g/mol. The summed E-state index contributed by atoms with van der Waals surface area (Å²) in [7, 11) is 1.37. The van der Waals surface area contributed by atoms with E-state index in [0.29, 0.717) is 23.1 Å². The fraction of sp³-hybridized carbons (Fsp3) is 0.261. The van der Waals surface area contributed by atoms with Crippen molar-refractivity contribution in [3.8, 4) is 11.4 Å². The van der Waals surface area contributed by atoms with Crippen molar-refractivity contribution < 1.29 is 9.53 Å². The summed E-state index contributed by atoms with van der Waals surface area (Å²) in [5.74, 6) is 2.26. The molecule has 2 aromatic carbocycles. The van der Waals surface area contributed by atoms with Gasteiger partial charge in [-0.15, -0.1) is 0 Å². The van der Waals surface area contributed by atoms with Crippen LogP contribution in [0.2, 0.25) is 0 Å². The number of anilines is 3. The van der Waals surface area contributed by atoms with Gasteiger partial charge in [-0.05, 0) is 30.5 Å². The zero-order valence-electron chi connectivity index (χ0n) is 17.0. The van der Waals surface area contributed by atoms with Gasteiger partial charge in [-0.2, -0.15) is 0 Å². The SMILES string of the molecule is COC(=O)c1cccc(Nc2cc(NCCC(C)C)nc(-c3ccccc3)n2)c1. The van der Waals surface area contributed by atoms with E-state index in [4.69, 9.17) is 4.74 Å². The maximum atomic E-state index is 11.8. The Labute approximate surface area is 171 Å². The molecule has 0 fully saturated rings. The van der Waals surface area contributed by atoms with Crippen LogP contribution in [0.1, 0.15) is 30.6 Å². The second-order valence-corrected chi connectivity index (χ2v) is 7.13. The molecule has 1 heterocycles. The third kappa shape index (κ3) is 5.78. The fourth-order valence-corrected chi connectivity index (χ4v) is 2.80. The van der Waals surface area contributed by atoms with Crippen molar-refractivity contribution in [2.45, 2.75) is 20.3 Å². The van der Waals surface area contributed by atoms with Crippen molar-refractivity contribution in [1.29, 1.82) is 0 Å². The monoisotopic (exact) mass is 390 g/mol. The van der Waals surface area contributed by atoms with Crippen LogP contribution < -0.4 is 10.6 Å². The van der Waals surface area contributed by atoms with E-state index < -0.39 is 0 Å². The standard InChI is InChI=1S/C23H26N4O2/c1-16(2)12-13-24-20-15-21(27-22(26-20)17-8-5-4-6-9-17)25-19-11-7-10-18(14-19)23(28)29-3/h4-11,14-16H,12-13H2,1-3H3,(H2,24,25,26,27). The van der Waals surface area contributed by atoms with Crippen LogP contribution in [0.25, 0.3) is 11.4 Å². The van der Waals surface area contributed by atoms with Gasteiger partial charge in [0.15, 0.2) is 5.82 Å². The number of methoxy groups -OCH3 is 1. The summed E-state index contributed by atoms with van der Waals surface area (Å²) in [6, 6.07) is 18.9. The number of nitrogens with one attached hydrogen (secondary N) is 2. The average molecular weight is 390 g/mol. The van der Waals surface area contributed by atoms with Gasteiger partial charge in [-0.25, -0.2) is 14.8 Å². The highest BCUT2D eigenvalue weighted by Gasteiger charge is 2.10. The molecule has 3 aromatic rings. The average Bonchev–Trinajstić information content (AvgIpc) is 2.73. The molecule has 0 saturated heterocycles. The van der Waals surface area contributed by atoms with Gasteiger partial charge in [0.2, 0.25) is 0 Å². The van der Waals surface area contributed by atoms with Gasteiger partial charge in [-0.3, -0.25) is 0 Å². The van der Waals surface area contributed by atoms with E-state index >= 15 is 0 Å². The van der Waals surface area contributed by atoms with Gasteiger partial charge in [0.25, 0.3) is 0 Å². The van der Waals surface area contributed by atoms with Crippen molar-refractivity contribution in [3.05, 3.63) is 66.2 Å². The Morgan fingerprint density at radius 2 is 1.76 bits per heavy atom. The number of rotatable bonds is 8. The van der Waals surface area contributed by atoms with Crippen LogP contribution in [-0.2, 0) is 4.74 Å². The van der Waals surface area contributed by atoms with Gasteiger partial charge < -0.3 is 15.4 Å². The molecule has 6 heteroatoms. The molecule has 3 rings (SSSR count). The van der Waals surface area contributed by atoms with Crippen LogP contribution >= 0.6 is 0 Å². The minimum Gasteiger partial charge on any atom is -0.465 e. The molecule has 6 nitrogen and oxygen atoms in total. The Morgan fingerprint density at radius 3 is 2.48 bits per heavy atom. The second-order valence-electron chi connectivity index (χ2n) is 7.13.